The van der Waals surface area contributed by atoms with Crippen LogP contribution in [-0.2, 0) is 14.8 Å². The topological polar surface area (TPSA) is 72.6 Å². The van der Waals surface area contributed by atoms with Crippen LogP contribution in [0.1, 0.15) is 0 Å². The van der Waals surface area contributed by atoms with Crippen molar-refractivity contribution in [2.75, 3.05) is 43.5 Å². The number of hydrogen-bond acceptors (Lipinski definition) is 5. The average molecular weight is 302 g/mol. The highest BCUT2D eigenvalue weighted by Gasteiger charge is 2.23. The highest BCUT2D eigenvalue weighted by molar-refractivity contribution is 8.00. The van der Waals surface area contributed by atoms with Crippen LogP contribution < -0.4 is 5.73 Å². The Hall–Kier alpha value is -0.760. The van der Waals surface area contributed by atoms with E-state index in [0.717, 1.165) is 4.90 Å². The quantitative estimate of drug-likeness (QED) is 0.649. The number of nitrogens with zero attached hydrogens (tertiary/aromatic N) is 1. The maximum atomic E-state index is 12.1. The monoisotopic (exact) mass is 302 g/mol. The molecule has 5 nitrogen and oxygen atoms in total. The van der Waals surface area contributed by atoms with Gasteiger partial charge < -0.3 is 10.5 Å². The molecule has 0 aliphatic carbocycles. The van der Waals surface area contributed by atoms with E-state index in [1.165, 1.54) is 16.1 Å². The molecule has 1 aromatic rings. The predicted octanol–water partition coefficient (Wildman–Crippen LogP) is 1.02. The zero-order valence-corrected chi connectivity index (χ0v) is 12.3. The van der Waals surface area contributed by atoms with Crippen molar-refractivity contribution in [2.45, 2.75) is 4.90 Å². The van der Waals surface area contributed by atoms with Crippen LogP contribution in [0.3, 0.4) is 0 Å². The van der Waals surface area contributed by atoms with Crippen molar-refractivity contribution in [2.24, 2.45) is 0 Å². The second-order valence-electron chi connectivity index (χ2n) is 4.24. The zero-order valence-electron chi connectivity index (χ0n) is 10.6. The van der Waals surface area contributed by atoms with E-state index in [2.05, 4.69) is 0 Å². The van der Waals surface area contributed by atoms with Crippen molar-refractivity contribution in [3.8, 4) is 0 Å². The van der Waals surface area contributed by atoms with Gasteiger partial charge in [-0.2, -0.15) is 4.31 Å². The van der Waals surface area contributed by atoms with Crippen LogP contribution >= 0.6 is 11.8 Å². The Bertz CT molecular complexity index is 496. The molecule has 7 heteroatoms. The van der Waals surface area contributed by atoms with E-state index in [1.807, 2.05) is 24.3 Å². The van der Waals surface area contributed by atoms with Crippen LogP contribution in [0.4, 0.5) is 5.69 Å². The van der Waals surface area contributed by atoms with E-state index >= 15 is 0 Å². The summed E-state index contributed by atoms with van der Waals surface area (Å²) in [5, 5.41) is 0. The lowest BCUT2D eigenvalue weighted by atomic mass is 10.3. The van der Waals surface area contributed by atoms with Gasteiger partial charge in [-0.05, 0) is 24.3 Å². The SMILES string of the molecule is Nc1ccc(SCCS(=O)(=O)N2CCOCC2)cc1. The van der Waals surface area contributed by atoms with Gasteiger partial charge in [-0.3, -0.25) is 0 Å². The molecule has 0 saturated carbocycles. The fourth-order valence-electron chi connectivity index (χ4n) is 1.78. The summed E-state index contributed by atoms with van der Waals surface area (Å²) in [5.41, 5.74) is 6.31. The van der Waals surface area contributed by atoms with Crippen LogP contribution in [0.5, 0.6) is 0 Å². The minimum Gasteiger partial charge on any atom is -0.399 e. The van der Waals surface area contributed by atoms with Crippen molar-refractivity contribution < 1.29 is 13.2 Å². The molecule has 1 saturated heterocycles. The van der Waals surface area contributed by atoms with Gasteiger partial charge in [0, 0.05) is 29.4 Å². The first-order chi connectivity index (χ1) is 9.08. The van der Waals surface area contributed by atoms with Gasteiger partial charge in [-0.1, -0.05) is 0 Å². The lowest BCUT2D eigenvalue weighted by Gasteiger charge is -2.25. The third-order valence-electron chi connectivity index (χ3n) is 2.85. The fourth-order valence-corrected chi connectivity index (χ4v) is 4.49. The van der Waals surface area contributed by atoms with E-state index in [9.17, 15) is 8.42 Å². The van der Waals surface area contributed by atoms with Gasteiger partial charge in [0.1, 0.15) is 0 Å². The molecular formula is C12H18N2O3S2. The molecule has 106 valence electrons. The van der Waals surface area contributed by atoms with Crippen molar-refractivity contribution >= 4 is 27.5 Å². The number of anilines is 1. The molecule has 0 atom stereocenters. The molecule has 1 aliphatic heterocycles. The summed E-state index contributed by atoms with van der Waals surface area (Å²) < 4.78 is 30.8. The number of rotatable bonds is 5. The molecular weight excluding hydrogens is 284 g/mol. The Balaban J connectivity index is 1.82. The molecule has 1 aromatic carbocycles. The molecule has 0 unspecified atom stereocenters. The summed E-state index contributed by atoms with van der Waals surface area (Å²) in [5.74, 6) is 0.700. The maximum Gasteiger partial charge on any atom is 0.215 e. The Morgan fingerprint density at radius 3 is 2.47 bits per heavy atom. The van der Waals surface area contributed by atoms with Gasteiger partial charge in [0.2, 0.25) is 10.0 Å². The first-order valence-corrected chi connectivity index (χ1v) is 8.71. The summed E-state index contributed by atoms with van der Waals surface area (Å²) in [6, 6.07) is 7.44. The van der Waals surface area contributed by atoms with Crippen LogP contribution in [-0.4, -0.2) is 50.5 Å². The van der Waals surface area contributed by atoms with Gasteiger partial charge in [0.25, 0.3) is 0 Å². The second-order valence-corrected chi connectivity index (χ2v) is 7.50. The number of sulfonamides is 1. The minimum absolute atomic E-state index is 0.155. The molecule has 1 aliphatic rings. The number of benzene rings is 1. The molecule has 0 amide bonds. The predicted molar refractivity (Wildman–Crippen MR) is 77.8 cm³/mol. The van der Waals surface area contributed by atoms with E-state index in [-0.39, 0.29) is 5.75 Å². The Morgan fingerprint density at radius 1 is 1.21 bits per heavy atom. The molecule has 2 N–H and O–H groups in total. The first-order valence-electron chi connectivity index (χ1n) is 6.12. The number of thioether (sulfide) groups is 1. The van der Waals surface area contributed by atoms with Gasteiger partial charge in [-0.25, -0.2) is 8.42 Å². The molecule has 0 aromatic heterocycles. The normalized spacial score (nSPS) is 17.5. The molecule has 1 fully saturated rings. The number of hydrogen-bond donors (Lipinski definition) is 1. The van der Waals surface area contributed by atoms with Gasteiger partial charge in [-0.15, -0.1) is 11.8 Å². The molecule has 1 heterocycles. The number of nitrogen functional groups attached to an aromatic ring is 1. The van der Waals surface area contributed by atoms with Crippen LogP contribution in [0.15, 0.2) is 29.2 Å². The summed E-state index contributed by atoms with van der Waals surface area (Å²) in [7, 11) is -3.15. The summed E-state index contributed by atoms with van der Waals surface area (Å²) in [6.45, 7) is 1.92. The van der Waals surface area contributed by atoms with Crippen molar-refractivity contribution in [1.82, 2.24) is 4.31 Å². The van der Waals surface area contributed by atoms with E-state index in [4.69, 9.17) is 10.5 Å². The molecule has 19 heavy (non-hydrogen) atoms. The maximum absolute atomic E-state index is 12.1. The van der Waals surface area contributed by atoms with Gasteiger partial charge >= 0.3 is 0 Å². The number of ether oxygens (including phenoxy) is 1. The van der Waals surface area contributed by atoms with E-state index in [1.54, 1.807) is 0 Å². The third kappa shape index (κ3) is 4.38. The molecule has 2 rings (SSSR count). The largest absolute Gasteiger partial charge is 0.399 e. The summed E-state index contributed by atoms with van der Waals surface area (Å²) in [4.78, 5) is 1.03. The highest BCUT2D eigenvalue weighted by atomic mass is 32.2. The molecule has 0 radical (unpaired) electrons. The summed E-state index contributed by atoms with van der Waals surface area (Å²) in [6.07, 6.45) is 0. The Morgan fingerprint density at radius 2 is 1.84 bits per heavy atom. The van der Waals surface area contributed by atoms with E-state index in [0.29, 0.717) is 37.7 Å². The standard InChI is InChI=1S/C12H18N2O3S2/c13-11-1-3-12(4-2-11)18-9-10-19(15,16)14-5-7-17-8-6-14/h1-4H,5-10,13H2. The average Bonchev–Trinajstić information content (AvgIpc) is 2.42. The fraction of sp³-hybridized carbons (Fsp3) is 0.500. The highest BCUT2D eigenvalue weighted by Crippen LogP contribution is 2.20. The number of nitrogens with two attached hydrogens (primary N) is 1. The van der Waals surface area contributed by atoms with Crippen molar-refractivity contribution in [1.29, 1.82) is 0 Å². The van der Waals surface area contributed by atoms with Crippen LogP contribution in [0.2, 0.25) is 0 Å². The second kappa shape index (κ2) is 6.60. The Kier molecular flexibility index (Phi) is 5.09. The summed E-state index contributed by atoms with van der Waals surface area (Å²) >= 11 is 1.53. The molecule has 0 spiro atoms. The number of morpholine rings is 1. The first kappa shape index (κ1) is 14.6. The lowest BCUT2D eigenvalue weighted by Crippen LogP contribution is -2.42. The van der Waals surface area contributed by atoms with Crippen LogP contribution in [0, 0.1) is 0 Å². The minimum atomic E-state index is -3.15. The van der Waals surface area contributed by atoms with Crippen molar-refractivity contribution in [3.63, 3.8) is 0 Å². The van der Waals surface area contributed by atoms with E-state index < -0.39 is 10.0 Å². The van der Waals surface area contributed by atoms with Gasteiger partial charge in [0.15, 0.2) is 0 Å². The zero-order chi connectivity index (χ0) is 13.7. The smallest absolute Gasteiger partial charge is 0.215 e. The van der Waals surface area contributed by atoms with Gasteiger partial charge in [0.05, 0.1) is 19.0 Å². The van der Waals surface area contributed by atoms with Crippen LogP contribution in [0.25, 0.3) is 0 Å². The third-order valence-corrected chi connectivity index (χ3v) is 6.00. The lowest BCUT2D eigenvalue weighted by molar-refractivity contribution is 0.0731. The van der Waals surface area contributed by atoms with Crippen molar-refractivity contribution in [3.05, 3.63) is 24.3 Å². The molecule has 0 bridgehead atoms. The Labute approximate surface area is 118 Å².